The Balaban J connectivity index is 1.88. The minimum atomic E-state index is 0.315. The van der Waals surface area contributed by atoms with Crippen molar-refractivity contribution in [2.45, 2.75) is 26.7 Å². The van der Waals surface area contributed by atoms with E-state index in [0.29, 0.717) is 5.88 Å². The van der Waals surface area contributed by atoms with E-state index in [1.807, 2.05) is 10.8 Å². The molecule has 24 heavy (non-hydrogen) atoms. The number of hydrogen-bond acceptors (Lipinski definition) is 1. The van der Waals surface area contributed by atoms with Crippen LogP contribution in [0.2, 0.25) is 0 Å². The van der Waals surface area contributed by atoms with Crippen molar-refractivity contribution >= 4 is 21.7 Å². The van der Waals surface area contributed by atoms with E-state index in [1.54, 1.807) is 0 Å². The van der Waals surface area contributed by atoms with E-state index in [-0.39, 0.29) is 0 Å². The third-order valence-corrected chi connectivity index (χ3v) is 4.94. The van der Waals surface area contributed by atoms with Gasteiger partial charge in [-0.15, -0.1) is 0 Å². The smallest absolute Gasteiger partial charge is 0.203 e. The molecule has 1 N–H and O–H groups in total. The molecular formula is C21H22N2O. The largest absolute Gasteiger partial charge is 0.494 e. The Labute approximate surface area is 141 Å². The molecule has 2 aromatic carbocycles. The van der Waals surface area contributed by atoms with Gasteiger partial charge in [0.2, 0.25) is 5.88 Å². The van der Waals surface area contributed by atoms with Crippen LogP contribution >= 0.6 is 0 Å². The summed E-state index contributed by atoms with van der Waals surface area (Å²) >= 11 is 0. The molecule has 0 fully saturated rings. The molecule has 4 aromatic rings. The van der Waals surface area contributed by atoms with Crippen LogP contribution in [0.25, 0.3) is 27.4 Å². The van der Waals surface area contributed by atoms with Crippen LogP contribution in [0.4, 0.5) is 0 Å². The molecule has 0 bridgehead atoms. The van der Waals surface area contributed by atoms with Crippen LogP contribution in [-0.2, 0) is 13.5 Å². The summed E-state index contributed by atoms with van der Waals surface area (Å²) in [6.45, 7) is 4.28. The number of aryl methyl sites for hydroxylation is 3. The van der Waals surface area contributed by atoms with Gasteiger partial charge < -0.3 is 9.67 Å². The van der Waals surface area contributed by atoms with Crippen molar-refractivity contribution in [2.75, 3.05) is 0 Å². The molecule has 2 aromatic heterocycles. The van der Waals surface area contributed by atoms with Crippen LogP contribution in [0.5, 0.6) is 5.88 Å². The molecule has 0 aliphatic heterocycles. The summed E-state index contributed by atoms with van der Waals surface area (Å²) in [5.41, 5.74) is 4.69. The molecular weight excluding hydrogens is 296 g/mol. The molecule has 0 spiro atoms. The Hall–Kier alpha value is -2.68. The van der Waals surface area contributed by atoms with Crippen molar-refractivity contribution in [1.82, 2.24) is 9.13 Å². The molecule has 3 nitrogen and oxygen atoms in total. The fourth-order valence-corrected chi connectivity index (χ4v) is 3.51. The number of aromatic nitrogens is 2. The number of benzene rings is 2. The highest BCUT2D eigenvalue weighted by atomic mass is 16.3. The lowest BCUT2D eigenvalue weighted by Crippen LogP contribution is -1.92. The zero-order chi connectivity index (χ0) is 16.8. The Morgan fingerprint density at radius 2 is 1.83 bits per heavy atom. The van der Waals surface area contributed by atoms with Gasteiger partial charge >= 0.3 is 0 Å². The zero-order valence-corrected chi connectivity index (χ0v) is 14.4. The Morgan fingerprint density at radius 3 is 2.62 bits per heavy atom. The minimum absolute atomic E-state index is 0.315. The van der Waals surface area contributed by atoms with Gasteiger partial charge in [0.05, 0.1) is 0 Å². The first-order chi connectivity index (χ1) is 11.6. The number of hydrogen-bond donors (Lipinski definition) is 1. The molecule has 2 heterocycles. The van der Waals surface area contributed by atoms with E-state index in [4.69, 9.17) is 0 Å². The van der Waals surface area contributed by atoms with Crippen LogP contribution in [0.3, 0.4) is 0 Å². The van der Waals surface area contributed by atoms with E-state index in [0.717, 1.165) is 29.3 Å². The quantitative estimate of drug-likeness (QED) is 0.560. The van der Waals surface area contributed by atoms with Gasteiger partial charge in [0, 0.05) is 46.3 Å². The molecule has 0 amide bonds. The van der Waals surface area contributed by atoms with Crippen LogP contribution in [0, 0.1) is 6.92 Å². The standard InChI is InChI=1S/C21H22N2O/c1-4-5-15-6-7-16-13-23(21(24)19(16)11-15)18-8-9-20-17(12-18)10-14(2)22(20)3/h6-13,24H,4-5H2,1-3H3. The van der Waals surface area contributed by atoms with Gasteiger partial charge in [-0.25, -0.2) is 0 Å². The first kappa shape index (κ1) is 14.9. The third-order valence-electron chi connectivity index (χ3n) is 4.94. The molecule has 0 unspecified atom stereocenters. The fraction of sp³-hybridized carbons (Fsp3) is 0.238. The van der Waals surface area contributed by atoms with Gasteiger partial charge in [-0.1, -0.05) is 25.5 Å². The van der Waals surface area contributed by atoms with Gasteiger partial charge in [-0.3, -0.25) is 4.57 Å². The zero-order valence-electron chi connectivity index (χ0n) is 14.4. The van der Waals surface area contributed by atoms with Crippen molar-refractivity contribution < 1.29 is 5.11 Å². The second-order valence-electron chi connectivity index (χ2n) is 6.58. The van der Waals surface area contributed by atoms with Gasteiger partial charge in [-0.05, 0) is 49.2 Å². The average molecular weight is 318 g/mol. The van der Waals surface area contributed by atoms with E-state index in [1.165, 1.54) is 22.2 Å². The summed E-state index contributed by atoms with van der Waals surface area (Å²) in [4.78, 5) is 0. The fourth-order valence-electron chi connectivity index (χ4n) is 3.51. The van der Waals surface area contributed by atoms with Gasteiger partial charge in [-0.2, -0.15) is 0 Å². The molecule has 0 saturated heterocycles. The van der Waals surface area contributed by atoms with Gasteiger partial charge in [0.1, 0.15) is 0 Å². The summed E-state index contributed by atoms with van der Waals surface area (Å²) in [6.07, 6.45) is 4.16. The third kappa shape index (κ3) is 2.20. The molecule has 0 aliphatic rings. The van der Waals surface area contributed by atoms with Crippen LogP contribution < -0.4 is 0 Å². The summed E-state index contributed by atoms with van der Waals surface area (Å²) in [5, 5.41) is 13.9. The number of nitrogens with zero attached hydrogens (tertiary/aromatic N) is 2. The average Bonchev–Trinajstić information content (AvgIpc) is 3.05. The monoisotopic (exact) mass is 318 g/mol. The summed E-state index contributed by atoms with van der Waals surface area (Å²) in [6, 6.07) is 14.8. The van der Waals surface area contributed by atoms with Gasteiger partial charge in [0.25, 0.3) is 0 Å². The lowest BCUT2D eigenvalue weighted by atomic mass is 10.1. The first-order valence-electron chi connectivity index (χ1n) is 8.48. The highest BCUT2D eigenvalue weighted by Gasteiger charge is 2.12. The Kier molecular flexibility index (Phi) is 3.38. The molecule has 3 heteroatoms. The van der Waals surface area contributed by atoms with Crippen molar-refractivity contribution in [3.63, 3.8) is 0 Å². The summed E-state index contributed by atoms with van der Waals surface area (Å²) in [7, 11) is 2.08. The second-order valence-corrected chi connectivity index (χ2v) is 6.58. The summed E-state index contributed by atoms with van der Waals surface area (Å²) < 4.78 is 4.06. The van der Waals surface area contributed by atoms with Crippen molar-refractivity contribution in [3.05, 3.63) is 59.9 Å². The Morgan fingerprint density at radius 1 is 1.00 bits per heavy atom. The molecule has 0 atom stereocenters. The predicted molar refractivity (Wildman–Crippen MR) is 100 cm³/mol. The highest BCUT2D eigenvalue weighted by molar-refractivity contribution is 5.90. The molecule has 0 radical (unpaired) electrons. The van der Waals surface area contributed by atoms with E-state index < -0.39 is 0 Å². The van der Waals surface area contributed by atoms with Crippen molar-refractivity contribution in [3.8, 4) is 11.6 Å². The van der Waals surface area contributed by atoms with E-state index in [2.05, 4.69) is 67.9 Å². The molecule has 0 saturated carbocycles. The lowest BCUT2D eigenvalue weighted by molar-refractivity contribution is 0.448. The van der Waals surface area contributed by atoms with E-state index >= 15 is 0 Å². The molecule has 122 valence electrons. The number of rotatable bonds is 3. The predicted octanol–water partition coefficient (Wildman–Crippen LogP) is 5.09. The first-order valence-corrected chi connectivity index (χ1v) is 8.48. The lowest BCUT2D eigenvalue weighted by Gasteiger charge is -2.06. The number of aromatic hydroxyl groups is 1. The van der Waals surface area contributed by atoms with Crippen LogP contribution in [0.1, 0.15) is 24.6 Å². The van der Waals surface area contributed by atoms with Crippen molar-refractivity contribution in [1.29, 1.82) is 0 Å². The number of fused-ring (bicyclic) bond motifs is 2. The molecule has 4 rings (SSSR count). The SMILES string of the molecule is CCCc1ccc2cn(-c3ccc4c(c3)cc(C)n4C)c(O)c2c1. The molecule has 0 aliphatic carbocycles. The highest BCUT2D eigenvalue weighted by Crippen LogP contribution is 2.32. The second kappa shape index (κ2) is 5.45. The van der Waals surface area contributed by atoms with Crippen molar-refractivity contribution in [2.24, 2.45) is 7.05 Å². The Bertz CT molecular complexity index is 1050. The minimum Gasteiger partial charge on any atom is -0.494 e. The maximum atomic E-state index is 10.7. The maximum absolute atomic E-state index is 10.7. The van der Waals surface area contributed by atoms with E-state index in [9.17, 15) is 5.11 Å². The summed E-state index contributed by atoms with van der Waals surface area (Å²) in [5.74, 6) is 0.315. The normalized spacial score (nSPS) is 11.6. The van der Waals surface area contributed by atoms with Crippen LogP contribution in [-0.4, -0.2) is 14.2 Å². The van der Waals surface area contributed by atoms with Crippen LogP contribution in [0.15, 0.2) is 48.7 Å². The van der Waals surface area contributed by atoms with Gasteiger partial charge in [0.15, 0.2) is 0 Å². The maximum Gasteiger partial charge on any atom is 0.203 e. The topological polar surface area (TPSA) is 30.1 Å².